The molecule has 0 bridgehead atoms. The van der Waals surface area contributed by atoms with Crippen molar-refractivity contribution >= 4 is 22.8 Å². The van der Waals surface area contributed by atoms with Crippen molar-refractivity contribution in [2.75, 3.05) is 6.61 Å². The van der Waals surface area contributed by atoms with Crippen LogP contribution in [0.1, 0.15) is 22.8 Å². The molecule has 0 saturated carbocycles. The van der Waals surface area contributed by atoms with Gasteiger partial charge in [0.2, 0.25) is 5.43 Å². The van der Waals surface area contributed by atoms with Crippen LogP contribution in [-0.4, -0.2) is 26.9 Å². The van der Waals surface area contributed by atoms with Crippen molar-refractivity contribution in [1.29, 1.82) is 0 Å². The standard InChI is InChI=1S/C14H13N3O3/c1-3-20-14(19)9-7-15-13-11(12(9)18)16-10-6-8(2)4-5-17(10)13/h4-7H,3H2,1-2H3,(H,15,18). The molecular weight excluding hydrogens is 258 g/mol. The summed E-state index contributed by atoms with van der Waals surface area (Å²) in [6.45, 7) is 3.87. The molecule has 6 heteroatoms. The normalized spacial score (nSPS) is 11.1. The molecule has 1 N–H and O–H groups in total. The first kappa shape index (κ1) is 12.4. The first-order valence-corrected chi connectivity index (χ1v) is 6.29. The van der Waals surface area contributed by atoms with Gasteiger partial charge >= 0.3 is 5.97 Å². The lowest BCUT2D eigenvalue weighted by atomic mass is 10.2. The summed E-state index contributed by atoms with van der Waals surface area (Å²) in [5.74, 6) is -0.635. The SMILES string of the molecule is CCOC(=O)c1c[nH]c2c(nc3cc(C)ccn32)c1=O. The number of nitrogens with zero attached hydrogens (tertiary/aromatic N) is 2. The molecule has 3 heterocycles. The summed E-state index contributed by atoms with van der Waals surface area (Å²) in [4.78, 5) is 31.2. The molecular formula is C14H13N3O3. The third-order valence-electron chi connectivity index (χ3n) is 3.09. The number of aromatic nitrogens is 3. The number of hydrogen-bond acceptors (Lipinski definition) is 4. The number of H-pyrrole nitrogens is 1. The van der Waals surface area contributed by atoms with E-state index in [0.29, 0.717) is 11.3 Å². The van der Waals surface area contributed by atoms with Crippen molar-refractivity contribution in [3.8, 4) is 0 Å². The van der Waals surface area contributed by atoms with E-state index in [2.05, 4.69) is 9.97 Å². The van der Waals surface area contributed by atoms with E-state index in [1.54, 1.807) is 11.3 Å². The third kappa shape index (κ3) is 1.77. The van der Waals surface area contributed by atoms with Gasteiger partial charge < -0.3 is 9.72 Å². The molecule has 0 atom stereocenters. The number of pyridine rings is 2. The third-order valence-corrected chi connectivity index (χ3v) is 3.09. The minimum Gasteiger partial charge on any atom is -0.462 e. The highest BCUT2D eigenvalue weighted by molar-refractivity contribution is 5.92. The number of rotatable bonds is 2. The van der Waals surface area contributed by atoms with E-state index < -0.39 is 11.4 Å². The van der Waals surface area contributed by atoms with Crippen LogP contribution in [-0.2, 0) is 4.74 Å². The summed E-state index contributed by atoms with van der Waals surface area (Å²) >= 11 is 0. The fraction of sp³-hybridized carbons (Fsp3) is 0.214. The first-order chi connectivity index (χ1) is 9.61. The Labute approximate surface area is 114 Å². The predicted octanol–water partition coefficient (Wildman–Crippen LogP) is 1.66. The van der Waals surface area contributed by atoms with E-state index >= 15 is 0 Å². The fourth-order valence-electron chi connectivity index (χ4n) is 2.14. The Morgan fingerprint density at radius 3 is 3.05 bits per heavy atom. The zero-order valence-corrected chi connectivity index (χ0v) is 11.1. The zero-order chi connectivity index (χ0) is 14.3. The van der Waals surface area contributed by atoms with Gasteiger partial charge in [0.05, 0.1) is 6.61 Å². The molecule has 3 aromatic heterocycles. The van der Waals surface area contributed by atoms with E-state index in [-0.39, 0.29) is 17.7 Å². The van der Waals surface area contributed by atoms with Crippen molar-refractivity contribution in [3.05, 3.63) is 45.9 Å². The highest BCUT2D eigenvalue weighted by Crippen LogP contribution is 2.13. The highest BCUT2D eigenvalue weighted by Gasteiger charge is 2.17. The summed E-state index contributed by atoms with van der Waals surface area (Å²) < 4.78 is 6.63. The lowest BCUT2D eigenvalue weighted by Crippen LogP contribution is -2.18. The summed E-state index contributed by atoms with van der Waals surface area (Å²) in [7, 11) is 0. The molecule has 0 radical (unpaired) electrons. The van der Waals surface area contributed by atoms with Crippen LogP contribution in [0.25, 0.3) is 16.8 Å². The molecule has 0 aliphatic rings. The van der Waals surface area contributed by atoms with Crippen molar-refractivity contribution in [3.63, 3.8) is 0 Å². The van der Waals surface area contributed by atoms with E-state index in [0.717, 1.165) is 5.56 Å². The van der Waals surface area contributed by atoms with E-state index in [4.69, 9.17) is 4.74 Å². The van der Waals surface area contributed by atoms with Crippen LogP contribution in [0, 0.1) is 6.92 Å². The maximum Gasteiger partial charge on any atom is 0.343 e. The minimum atomic E-state index is -0.635. The van der Waals surface area contributed by atoms with Gasteiger partial charge in [-0.25, -0.2) is 9.78 Å². The van der Waals surface area contributed by atoms with Gasteiger partial charge in [0.25, 0.3) is 0 Å². The first-order valence-electron chi connectivity index (χ1n) is 6.29. The smallest absolute Gasteiger partial charge is 0.343 e. The van der Waals surface area contributed by atoms with Crippen molar-refractivity contribution in [2.24, 2.45) is 0 Å². The molecule has 0 spiro atoms. The van der Waals surface area contributed by atoms with Gasteiger partial charge in [0, 0.05) is 12.4 Å². The Morgan fingerprint density at radius 1 is 1.50 bits per heavy atom. The van der Waals surface area contributed by atoms with E-state index in [1.165, 1.54) is 6.20 Å². The Kier molecular flexibility index (Phi) is 2.78. The number of hydrogen-bond donors (Lipinski definition) is 1. The second-order valence-corrected chi connectivity index (χ2v) is 4.49. The van der Waals surface area contributed by atoms with Crippen LogP contribution in [0.15, 0.2) is 29.3 Å². The second kappa shape index (κ2) is 4.48. The fourth-order valence-corrected chi connectivity index (χ4v) is 2.14. The number of aryl methyl sites for hydroxylation is 1. The van der Waals surface area contributed by atoms with Crippen molar-refractivity contribution < 1.29 is 9.53 Å². The number of ether oxygens (including phenoxy) is 1. The number of aromatic amines is 1. The van der Waals surface area contributed by atoms with Crippen LogP contribution < -0.4 is 5.43 Å². The molecule has 0 amide bonds. The number of imidazole rings is 1. The van der Waals surface area contributed by atoms with Crippen molar-refractivity contribution in [1.82, 2.24) is 14.4 Å². The zero-order valence-electron chi connectivity index (χ0n) is 11.1. The summed E-state index contributed by atoms with van der Waals surface area (Å²) in [5, 5.41) is 0. The van der Waals surface area contributed by atoms with Gasteiger partial charge in [-0.1, -0.05) is 0 Å². The lowest BCUT2D eigenvalue weighted by Gasteiger charge is -2.01. The molecule has 0 aliphatic heterocycles. The molecule has 3 rings (SSSR count). The van der Waals surface area contributed by atoms with Gasteiger partial charge in [-0.05, 0) is 31.5 Å². The minimum absolute atomic E-state index is 0.0283. The van der Waals surface area contributed by atoms with Gasteiger partial charge in [-0.2, -0.15) is 0 Å². The number of carbonyl (C=O) groups is 1. The van der Waals surface area contributed by atoms with Crippen molar-refractivity contribution in [2.45, 2.75) is 13.8 Å². The number of esters is 1. The lowest BCUT2D eigenvalue weighted by molar-refractivity contribution is 0.0524. The molecule has 6 nitrogen and oxygen atoms in total. The number of carbonyl (C=O) groups excluding carboxylic acids is 1. The maximum absolute atomic E-state index is 12.3. The Balaban J connectivity index is 2.30. The molecule has 0 saturated heterocycles. The molecule has 0 unspecified atom stereocenters. The van der Waals surface area contributed by atoms with Crippen LogP contribution in [0.4, 0.5) is 0 Å². The average molecular weight is 271 g/mol. The van der Waals surface area contributed by atoms with Gasteiger partial charge in [0.15, 0.2) is 5.52 Å². The Bertz CT molecular complexity index is 876. The Hall–Kier alpha value is -2.63. The van der Waals surface area contributed by atoms with Gasteiger partial charge in [-0.15, -0.1) is 0 Å². The van der Waals surface area contributed by atoms with Crippen LogP contribution in [0.3, 0.4) is 0 Å². The van der Waals surface area contributed by atoms with Crippen LogP contribution in [0.5, 0.6) is 0 Å². The van der Waals surface area contributed by atoms with Gasteiger partial charge in [0.1, 0.15) is 16.9 Å². The van der Waals surface area contributed by atoms with Crippen LogP contribution in [0.2, 0.25) is 0 Å². The van der Waals surface area contributed by atoms with E-state index in [9.17, 15) is 9.59 Å². The molecule has 0 aromatic carbocycles. The largest absolute Gasteiger partial charge is 0.462 e. The molecule has 0 aliphatic carbocycles. The maximum atomic E-state index is 12.3. The van der Waals surface area contributed by atoms with Gasteiger partial charge in [-0.3, -0.25) is 9.20 Å². The Morgan fingerprint density at radius 2 is 2.30 bits per heavy atom. The van der Waals surface area contributed by atoms with E-state index in [1.807, 2.05) is 25.3 Å². The average Bonchev–Trinajstić information content (AvgIpc) is 2.78. The monoisotopic (exact) mass is 271 g/mol. The number of fused-ring (bicyclic) bond motifs is 3. The molecule has 20 heavy (non-hydrogen) atoms. The quantitative estimate of drug-likeness (QED) is 0.719. The summed E-state index contributed by atoms with van der Waals surface area (Å²) in [5.41, 5.74) is 2.07. The molecule has 0 fully saturated rings. The molecule has 3 aromatic rings. The second-order valence-electron chi connectivity index (χ2n) is 4.49. The molecule has 102 valence electrons. The summed E-state index contributed by atoms with van der Waals surface area (Å²) in [6, 6.07) is 3.79. The highest BCUT2D eigenvalue weighted by atomic mass is 16.5. The van der Waals surface area contributed by atoms with Crippen LogP contribution >= 0.6 is 0 Å². The predicted molar refractivity (Wildman–Crippen MR) is 74.0 cm³/mol. The number of nitrogens with one attached hydrogen (secondary N) is 1. The topological polar surface area (TPSA) is 76.5 Å². The summed E-state index contributed by atoms with van der Waals surface area (Å²) in [6.07, 6.45) is 3.20.